The molecule has 6 heteroatoms. The summed E-state index contributed by atoms with van der Waals surface area (Å²) >= 11 is 0. The van der Waals surface area contributed by atoms with Crippen molar-refractivity contribution in [1.82, 2.24) is 0 Å². The Bertz CT molecular complexity index is 843. The zero-order valence-electron chi connectivity index (χ0n) is 21.7. The summed E-state index contributed by atoms with van der Waals surface area (Å²) in [6.45, 7) is 10.4. The molecular formula is C28H45O5P. The second kappa shape index (κ2) is 11.5. The first-order valence-electron chi connectivity index (χ1n) is 13.8. The highest BCUT2D eigenvalue weighted by Gasteiger charge is 2.55. The van der Waals surface area contributed by atoms with E-state index in [4.69, 9.17) is 18.3 Å². The number of phosphoric acid groups is 1. The molecule has 2 fully saturated rings. The summed E-state index contributed by atoms with van der Waals surface area (Å²) in [6, 6.07) is 6.29. The van der Waals surface area contributed by atoms with Gasteiger partial charge in [-0.1, -0.05) is 39.7 Å². The minimum Gasteiger partial charge on any atom is -0.404 e. The van der Waals surface area contributed by atoms with Crippen LogP contribution in [0.3, 0.4) is 0 Å². The van der Waals surface area contributed by atoms with Gasteiger partial charge in [-0.3, -0.25) is 9.05 Å². The summed E-state index contributed by atoms with van der Waals surface area (Å²) in [5, 5.41) is 0. The Morgan fingerprint density at radius 2 is 1.74 bits per heavy atom. The number of benzene rings is 1. The van der Waals surface area contributed by atoms with Gasteiger partial charge in [0, 0.05) is 6.61 Å². The number of phosphoric ester groups is 1. The quantitative estimate of drug-likeness (QED) is 0.218. The van der Waals surface area contributed by atoms with E-state index in [0.29, 0.717) is 36.4 Å². The van der Waals surface area contributed by atoms with E-state index < -0.39 is 7.82 Å². The number of unbranched alkanes of at least 4 members (excludes halogenated alkanes) is 2. The maximum absolute atomic E-state index is 13.3. The zero-order valence-corrected chi connectivity index (χ0v) is 22.6. The largest absolute Gasteiger partial charge is 0.530 e. The van der Waals surface area contributed by atoms with Crippen molar-refractivity contribution in [3.05, 3.63) is 29.3 Å². The van der Waals surface area contributed by atoms with Crippen molar-refractivity contribution >= 4 is 7.82 Å². The number of rotatable bonds is 12. The van der Waals surface area contributed by atoms with Gasteiger partial charge in [-0.05, 0) is 105 Å². The molecule has 4 rings (SSSR count). The molecule has 0 saturated heterocycles. The highest BCUT2D eigenvalue weighted by molar-refractivity contribution is 7.48. The maximum Gasteiger partial charge on any atom is 0.530 e. The Kier molecular flexibility index (Phi) is 8.83. The Hall–Kier alpha value is -0.870. The number of hydrogen-bond acceptors (Lipinski definition) is 5. The van der Waals surface area contributed by atoms with E-state index in [1.54, 1.807) is 0 Å². The van der Waals surface area contributed by atoms with Gasteiger partial charge in [-0.15, -0.1) is 0 Å². The first kappa shape index (κ1) is 26.2. The lowest BCUT2D eigenvalue weighted by Gasteiger charge is -2.50. The van der Waals surface area contributed by atoms with Crippen LogP contribution in [0.4, 0.5) is 0 Å². The van der Waals surface area contributed by atoms with E-state index in [-0.39, 0.29) is 0 Å². The van der Waals surface area contributed by atoms with Gasteiger partial charge in [-0.2, -0.15) is 0 Å². The van der Waals surface area contributed by atoms with Gasteiger partial charge in [-0.25, -0.2) is 4.57 Å². The third-order valence-electron chi connectivity index (χ3n) is 8.69. The van der Waals surface area contributed by atoms with Crippen molar-refractivity contribution in [1.29, 1.82) is 0 Å². The van der Waals surface area contributed by atoms with Crippen LogP contribution in [-0.2, 0) is 24.8 Å². The average molecular weight is 493 g/mol. The fourth-order valence-corrected chi connectivity index (χ4v) is 8.16. The minimum absolute atomic E-state index is 0.329. The van der Waals surface area contributed by atoms with Gasteiger partial charge in [0.25, 0.3) is 0 Å². The molecule has 0 aromatic heterocycles. The third-order valence-corrected chi connectivity index (χ3v) is 10.1. The Morgan fingerprint density at radius 3 is 2.41 bits per heavy atom. The summed E-state index contributed by atoms with van der Waals surface area (Å²) < 4.78 is 36.7. The summed E-state index contributed by atoms with van der Waals surface area (Å²) in [6.07, 6.45) is 11.3. The van der Waals surface area contributed by atoms with Gasteiger partial charge in [0.1, 0.15) is 5.75 Å². The third kappa shape index (κ3) is 5.43. The summed E-state index contributed by atoms with van der Waals surface area (Å²) in [7, 11) is -3.62. The van der Waals surface area contributed by atoms with E-state index >= 15 is 0 Å². The molecule has 5 unspecified atom stereocenters. The van der Waals surface area contributed by atoms with Crippen LogP contribution >= 0.6 is 7.82 Å². The first-order chi connectivity index (χ1) is 16.4. The second-order valence-electron chi connectivity index (χ2n) is 10.8. The van der Waals surface area contributed by atoms with Crippen LogP contribution in [0.15, 0.2) is 18.2 Å². The molecule has 0 aliphatic heterocycles. The summed E-state index contributed by atoms with van der Waals surface area (Å²) in [4.78, 5) is 0. The molecule has 0 radical (unpaired) electrons. The molecule has 0 amide bonds. The molecule has 2 saturated carbocycles. The number of ether oxygens (including phenoxy) is 1. The summed E-state index contributed by atoms with van der Waals surface area (Å²) in [5.74, 6) is 2.71. The summed E-state index contributed by atoms with van der Waals surface area (Å²) in [5.41, 5.74) is 3.14. The minimum atomic E-state index is -3.62. The Balaban J connectivity index is 1.48. The molecule has 0 spiro atoms. The van der Waals surface area contributed by atoms with Gasteiger partial charge in [0.05, 0.1) is 19.3 Å². The van der Waals surface area contributed by atoms with Gasteiger partial charge in [0.15, 0.2) is 0 Å². The van der Waals surface area contributed by atoms with E-state index in [9.17, 15) is 4.57 Å². The lowest BCUT2D eigenvalue weighted by Crippen LogP contribution is -2.44. The van der Waals surface area contributed by atoms with E-state index in [1.165, 1.54) is 43.2 Å². The molecule has 5 atom stereocenters. The fourth-order valence-electron chi connectivity index (χ4n) is 6.90. The van der Waals surface area contributed by atoms with Crippen molar-refractivity contribution < 1.29 is 22.9 Å². The molecule has 0 heterocycles. The topological polar surface area (TPSA) is 54.0 Å². The molecule has 1 aromatic carbocycles. The van der Waals surface area contributed by atoms with Crippen LogP contribution in [-0.4, -0.2) is 25.9 Å². The SMILES string of the molecule is CCCCOP(=O)(OCCCC)Oc1ccc2c(c1)CCC1C2CCC2(C)C(OCC)CCC12. The van der Waals surface area contributed by atoms with Gasteiger partial charge in [0.2, 0.25) is 0 Å². The molecule has 192 valence electrons. The Labute approximate surface area is 206 Å². The van der Waals surface area contributed by atoms with Crippen LogP contribution in [0, 0.1) is 17.3 Å². The van der Waals surface area contributed by atoms with E-state index in [1.807, 2.05) is 6.07 Å². The van der Waals surface area contributed by atoms with Crippen molar-refractivity contribution in [2.45, 2.75) is 104 Å². The number of fused-ring (bicyclic) bond motifs is 5. The number of hydrogen-bond donors (Lipinski definition) is 0. The van der Waals surface area contributed by atoms with Gasteiger partial charge < -0.3 is 9.26 Å². The van der Waals surface area contributed by atoms with Crippen LogP contribution in [0.25, 0.3) is 0 Å². The number of aryl methyl sites for hydroxylation is 1. The highest BCUT2D eigenvalue weighted by Crippen LogP contribution is 2.62. The molecular weight excluding hydrogens is 447 g/mol. The zero-order chi connectivity index (χ0) is 24.2. The molecule has 1 aromatic rings. The van der Waals surface area contributed by atoms with Crippen LogP contribution in [0.2, 0.25) is 0 Å². The molecule has 0 bridgehead atoms. The molecule has 34 heavy (non-hydrogen) atoms. The molecule has 3 aliphatic rings. The van der Waals surface area contributed by atoms with Crippen molar-refractivity contribution in [3.63, 3.8) is 0 Å². The van der Waals surface area contributed by atoms with E-state index in [0.717, 1.165) is 50.5 Å². The first-order valence-corrected chi connectivity index (χ1v) is 15.2. The molecule has 3 aliphatic carbocycles. The van der Waals surface area contributed by atoms with Crippen LogP contribution in [0.1, 0.15) is 103 Å². The highest BCUT2D eigenvalue weighted by atomic mass is 31.2. The standard InChI is InChI=1S/C28H45O5P/c1-5-8-18-31-34(29,32-19-9-6-2)33-22-11-13-23-21(20-22)10-12-25-24(23)16-17-28(4)26(25)14-15-27(28)30-7-3/h11,13,20,24-27H,5-10,12,14-19H2,1-4H3. The van der Waals surface area contributed by atoms with Crippen molar-refractivity contribution in [2.24, 2.45) is 17.3 Å². The second-order valence-corrected chi connectivity index (χ2v) is 12.3. The van der Waals surface area contributed by atoms with Crippen molar-refractivity contribution in [2.75, 3.05) is 19.8 Å². The van der Waals surface area contributed by atoms with Crippen molar-refractivity contribution in [3.8, 4) is 5.75 Å². The molecule has 0 N–H and O–H groups in total. The van der Waals surface area contributed by atoms with Crippen LogP contribution in [0.5, 0.6) is 5.75 Å². The fraction of sp³-hybridized carbons (Fsp3) is 0.786. The lowest BCUT2D eigenvalue weighted by atomic mass is 9.55. The monoisotopic (exact) mass is 492 g/mol. The Morgan fingerprint density at radius 1 is 1.00 bits per heavy atom. The smallest absolute Gasteiger partial charge is 0.404 e. The molecule has 5 nitrogen and oxygen atoms in total. The predicted octanol–water partition coefficient (Wildman–Crippen LogP) is 8.07. The van der Waals surface area contributed by atoms with Gasteiger partial charge >= 0.3 is 7.82 Å². The predicted molar refractivity (Wildman–Crippen MR) is 136 cm³/mol. The van der Waals surface area contributed by atoms with Crippen LogP contribution < -0.4 is 4.52 Å². The normalized spacial score (nSPS) is 30.5. The van der Waals surface area contributed by atoms with E-state index in [2.05, 4.69) is 39.8 Å². The average Bonchev–Trinajstić information content (AvgIpc) is 3.15. The maximum atomic E-state index is 13.3. The lowest BCUT2D eigenvalue weighted by molar-refractivity contribution is -0.0600.